The largest absolute Gasteiger partial charge is 0.468 e. The van der Waals surface area contributed by atoms with Gasteiger partial charge in [-0.1, -0.05) is 0 Å². The molecule has 6 nitrogen and oxygen atoms in total. The van der Waals surface area contributed by atoms with Gasteiger partial charge in [-0.15, -0.1) is 0 Å². The van der Waals surface area contributed by atoms with Crippen molar-refractivity contribution in [3.8, 4) is 5.69 Å². The van der Waals surface area contributed by atoms with E-state index in [1.807, 2.05) is 24.3 Å². The van der Waals surface area contributed by atoms with Gasteiger partial charge in [0.2, 0.25) is 0 Å². The molecule has 1 N–H and O–H groups in total. The van der Waals surface area contributed by atoms with E-state index in [9.17, 15) is 4.79 Å². The summed E-state index contributed by atoms with van der Waals surface area (Å²) in [5.74, 6) is -0.303. The fraction of sp³-hybridized carbons (Fsp3) is 0.182. The molecular weight excluding hydrogens is 220 g/mol. The van der Waals surface area contributed by atoms with Gasteiger partial charge in [0, 0.05) is 5.69 Å². The van der Waals surface area contributed by atoms with Crippen LogP contribution in [0.2, 0.25) is 0 Å². The summed E-state index contributed by atoms with van der Waals surface area (Å²) < 4.78 is 4.53. The van der Waals surface area contributed by atoms with Crippen LogP contribution in [0.4, 0.5) is 5.69 Å². The Kier molecular flexibility index (Phi) is 3.34. The summed E-state index contributed by atoms with van der Waals surface area (Å²) in [7, 11) is 1.36. The van der Waals surface area contributed by atoms with Gasteiger partial charge in [-0.05, 0) is 24.3 Å². The van der Waals surface area contributed by atoms with Gasteiger partial charge in [0.05, 0.1) is 25.2 Å². The Morgan fingerprint density at radius 3 is 2.53 bits per heavy atom. The highest BCUT2D eigenvalue weighted by atomic mass is 16.5. The van der Waals surface area contributed by atoms with Crippen molar-refractivity contribution in [2.45, 2.75) is 0 Å². The standard InChI is InChI=1S/C11H12N4O2/c1-17-11(16)8-12-9-2-4-10(5-3-9)15-13-6-7-14-15/h2-7,12H,8H2,1H3. The SMILES string of the molecule is COC(=O)CNc1ccc(-n2nccn2)cc1. The van der Waals surface area contributed by atoms with Crippen LogP contribution in [0.15, 0.2) is 36.7 Å². The lowest BCUT2D eigenvalue weighted by Crippen LogP contribution is -2.14. The van der Waals surface area contributed by atoms with Crippen LogP contribution < -0.4 is 5.32 Å². The summed E-state index contributed by atoms with van der Waals surface area (Å²) in [6.07, 6.45) is 3.23. The molecule has 1 aromatic carbocycles. The molecule has 0 aliphatic heterocycles. The molecular formula is C11H12N4O2. The minimum absolute atomic E-state index is 0.149. The first kappa shape index (κ1) is 11.1. The van der Waals surface area contributed by atoms with Crippen LogP contribution in [0, 0.1) is 0 Å². The van der Waals surface area contributed by atoms with E-state index in [-0.39, 0.29) is 12.5 Å². The number of carbonyl (C=O) groups excluding carboxylic acids is 1. The van der Waals surface area contributed by atoms with Gasteiger partial charge in [-0.2, -0.15) is 15.0 Å². The molecule has 88 valence electrons. The smallest absolute Gasteiger partial charge is 0.325 e. The number of nitrogens with zero attached hydrogens (tertiary/aromatic N) is 3. The molecule has 0 spiro atoms. The lowest BCUT2D eigenvalue weighted by Gasteiger charge is -2.05. The second kappa shape index (κ2) is 5.11. The Morgan fingerprint density at radius 2 is 1.94 bits per heavy atom. The normalized spacial score (nSPS) is 9.94. The lowest BCUT2D eigenvalue weighted by molar-refractivity contribution is -0.138. The molecule has 0 saturated heterocycles. The van der Waals surface area contributed by atoms with Crippen molar-refractivity contribution in [1.29, 1.82) is 0 Å². The first-order chi connectivity index (χ1) is 8.29. The van der Waals surface area contributed by atoms with E-state index in [1.165, 1.54) is 11.9 Å². The number of nitrogens with one attached hydrogen (secondary N) is 1. The average Bonchev–Trinajstić information content (AvgIpc) is 2.90. The van der Waals surface area contributed by atoms with Gasteiger partial charge in [0.15, 0.2) is 0 Å². The molecule has 0 unspecified atom stereocenters. The Labute approximate surface area is 98.2 Å². The predicted octanol–water partition coefficient (Wildman–Crippen LogP) is 0.852. The summed E-state index contributed by atoms with van der Waals surface area (Å²) >= 11 is 0. The zero-order chi connectivity index (χ0) is 12.1. The van der Waals surface area contributed by atoms with Gasteiger partial charge < -0.3 is 10.1 Å². The fourth-order valence-electron chi connectivity index (χ4n) is 1.31. The number of esters is 1. The molecule has 17 heavy (non-hydrogen) atoms. The van der Waals surface area contributed by atoms with Crippen LogP contribution in [0.3, 0.4) is 0 Å². The molecule has 0 aliphatic carbocycles. The maximum atomic E-state index is 10.9. The molecule has 1 aromatic heterocycles. The van der Waals surface area contributed by atoms with E-state index >= 15 is 0 Å². The van der Waals surface area contributed by atoms with Crippen LogP contribution in [-0.2, 0) is 9.53 Å². The van der Waals surface area contributed by atoms with Crippen molar-refractivity contribution < 1.29 is 9.53 Å². The molecule has 0 bridgehead atoms. The number of carbonyl (C=O) groups is 1. The second-order valence-electron chi connectivity index (χ2n) is 3.30. The van der Waals surface area contributed by atoms with Gasteiger partial charge in [-0.3, -0.25) is 4.79 Å². The number of benzene rings is 1. The first-order valence-corrected chi connectivity index (χ1v) is 5.07. The lowest BCUT2D eigenvalue weighted by atomic mass is 10.3. The third-order valence-corrected chi connectivity index (χ3v) is 2.18. The second-order valence-corrected chi connectivity index (χ2v) is 3.30. The highest BCUT2D eigenvalue weighted by Crippen LogP contribution is 2.11. The Bertz CT molecular complexity index is 479. The van der Waals surface area contributed by atoms with Gasteiger partial charge in [0.1, 0.15) is 6.54 Å². The fourth-order valence-corrected chi connectivity index (χ4v) is 1.31. The molecule has 2 aromatic rings. The Hall–Kier alpha value is -2.37. The van der Waals surface area contributed by atoms with Crippen molar-refractivity contribution in [1.82, 2.24) is 15.0 Å². The van der Waals surface area contributed by atoms with Crippen molar-refractivity contribution >= 4 is 11.7 Å². The van der Waals surface area contributed by atoms with E-state index in [1.54, 1.807) is 12.4 Å². The Balaban J connectivity index is 2.01. The van der Waals surface area contributed by atoms with Crippen LogP contribution >= 0.6 is 0 Å². The molecule has 0 saturated carbocycles. The summed E-state index contributed by atoms with van der Waals surface area (Å²) in [5, 5.41) is 11.0. The quantitative estimate of drug-likeness (QED) is 0.791. The molecule has 0 radical (unpaired) electrons. The van der Waals surface area contributed by atoms with Gasteiger partial charge >= 0.3 is 5.97 Å². The number of aromatic nitrogens is 3. The monoisotopic (exact) mass is 232 g/mol. The van der Waals surface area contributed by atoms with Crippen molar-refractivity contribution in [3.63, 3.8) is 0 Å². The van der Waals surface area contributed by atoms with Crippen molar-refractivity contribution in [3.05, 3.63) is 36.7 Å². The molecule has 2 rings (SSSR count). The maximum absolute atomic E-state index is 10.9. The number of hydrogen-bond donors (Lipinski definition) is 1. The highest BCUT2D eigenvalue weighted by Gasteiger charge is 2.01. The Morgan fingerprint density at radius 1 is 1.29 bits per heavy atom. The summed E-state index contributed by atoms with van der Waals surface area (Å²) in [6, 6.07) is 7.42. The zero-order valence-corrected chi connectivity index (χ0v) is 9.33. The van der Waals surface area contributed by atoms with E-state index < -0.39 is 0 Å². The zero-order valence-electron chi connectivity index (χ0n) is 9.33. The van der Waals surface area contributed by atoms with Gasteiger partial charge in [-0.25, -0.2) is 0 Å². The van der Waals surface area contributed by atoms with E-state index in [0.717, 1.165) is 11.4 Å². The molecule has 6 heteroatoms. The number of rotatable bonds is 4. The third-order valence-electron chi connectivity index (χ3n) is 2.18. The van der Waals surface area contributed by atoms with Crippen LogP contribution in [-0.4, -0.2) is 34.6 Å². The topological polar surface area (TPSA) is 69.0 Å². The first-order valence-electron chi connectivity index (χ1n) is 5.07. The van der Waals surface area contributed by atoms with Gasteiger partial charge in [0.25, 0.3) is 0 Å². The molecule has 1 heterocycles. The average molecular weight is 232 g/mol. The number of anilines is 1. The number of methoxy groups -OCH3 is 1. The third kappa shape index (κ3) is 2.81. The minimum Gasteiger partial charge on any atom is -0.468 e. The number of hydrogen-bond acceptors (Lipinski definition) is 5. The number of ether oxygens (including phenoxy) is 1. The minimum atomic E-state index is -0.303. The highest BCUT2D eigenvalue weighted by molar-refractivity contribution is 5.74. The predicted molar refractivity (Wildman–Crippen MR) is 61.9 cm³/mol. The van der Waals surface area contributed by atoms with Crippen molar-refractivity contribution in [2.24, 2.45) is 0 Å². The maximum Gasteiger partial charge on any atom is 0.325 e. The summed E-state index contributed by atoms with van der Waals surface area (Å²) in [4.78, 5) is 12.4. The van der Waals surface area contributed by atoms with Crippen LogP contribution in [0.1, 0.15) is 0 Å². The molecule has 0 atom stereocenters. The molecule has 0 aliphatic rings. The van der Waals surface area contributed by atoms with E-state index in [4.69, 9.17) is 0 Å². The summed E-state index contributed by atoms with van der Waals surface area (Å²) in [6.45, 7) is 0.149. The van der Waals surface area contributed by atoms with Crippen LogP contribution in [0.25, 0.3) is 5.69 Å². The molecule has 0 amide bonds. The van der Waals surface area contributed by atoms with E-state index in [0.29, 0.717) is 0 Å². The van der Waals surface area contributed by atoms with E-state index in [2.05, 4.69) is 20.3 Å². The molecule has 0 fully saturated rings. The summed E-state index contributed by atoms with van der Waals surface area (Å²) in [5.41, 5.74) is 1.70. The van der Waals surface area contributed by atoms with Crippen LogP contribution in [0.5, 0.6) is 0 Å². The van der Waals surface area contributed by atoms with Crippen molar-refractivity contribution in [2.75, 3.05) is 19.0 Å².